The summed E-state index contributed by atoms with van der Waals surface area (Å²) in [5, 5.41) is 5.88. The summed E-state index contributed by atoms with van der Waals surface area (Å²) in [6.45, 7) is 0. The summed E-state index contributed by atoms with van der Waals surface area (Å²) in [4.78, 5) is 10.00. The van der Waals surface area contributed by atoms with Crippen LogP contribution in [0.25, 0.3) is 33.3 Å². The van der Waals surface area contributed by atoms with Crippen LogP contribution in [0.2, 0.25) is 0 Å². The summed E-state index contributed by atoms with van der Waals surface area (Å²) >= 11 is 1.70. The lowest BCUT2D eigenvalue weighted by molar-refractivity contribution is 1.43. The Hall–Kier alpha value is -3.37. The molecule has 0 unspecified atom stereocenters. The highest BCUT2D eigenvalue weighted by molar-refractivity contribution is 7.19. The van der Waals surface area contributed by atoms with Crippen LogP contribution in [-0.4, -0.2) is 9.97 Å². The van der Waals surface area contributed by atoms with E-state index in [-0.39, 0.29) is 0 Å². The number of fused-ring (bicyclic) bond motifs is 2. The molecule has 0 atom stereocenters. The van der Waals surface area contributed by atoms with Crippen LogP contribution in [-0.2, 0) is 0 Å². The topological polar surface area (TPSA) is 40.7 Å². The quantitative estimate of drug-likeness (QED) is 0.371. The van der Waals surface area contributed by atoms with E-state index in [0.29, 0.717) is 0 Å². The molecular formula is C23H17N3S. The Bertz CT molecular complexity index is 1250. The van der Waals surface area contributed by atoms with Crippen LogP contribution < -0.4 is 5.32 Å². The van der Waals surface area contributed by atoms with Crippen molar-refractivity contribution >= 4 is 56.0 Å². The fraction of sp³-hybridized carbons (Fsp3) is 0. The molecule has 0 bridgehead atoms. The molecule has 3 aromatic heterocycles. The van der Waals surface area contributed by atoms with Gasteiger partial charge in [-0.25, -0.2) is 4.98 Å². The van der Waals surface area contributed by atoms with E-state index in [4.69, 9.17) is 0 Å². The van der Waals surface area contributed by atoms with Gasteiger partial charge in [0, 0.05) is 39.2 Å². The van der Waals surface area contributed by atoms with Crippen LogP contribution in [0.3, 0.4) is 0 Å². The molecule has 130 valence electrons. The molecule has 5 aromatic rings. The van der Waals surface area contributed by atoms with Crippen LogP contribution in [0, 0.1) is 0 Å². The highest BCUT2D eigenvalue weighted by atomic mass is 32.1. The fourth-order valence-electron chi connectivity index (χ4n) is 3.18. The van der Waals surface area contributed by atoms with Crippen molar-refractivity contribution in [2.24, 2.45) is 0 Å². The van der Waals surface area contributed by atoms with Gasteiger partial charge in [-0.15, -0.1) is 11.3 Å². The van der Waals surface area contributed by atoms with E-state index < -0.39 is 0 Å². The number of benzene rings is 2. The number of rotatable bonds is 4. The van der Waals surface area contributed by atoms with Crippen molar-refractivity contribution in [2.45, 2.75) is 0 Å². The Morgan fingerprint density at radius 2 is 1.85 bits per heavy atom. The van der Waals surface area contributed by atoms with E-state index in [9.17, 15) is 0 Å². The van der Waals surface area contributed by atoms with Crippen molar-refractivity contribution in [1.82, 2.24) is 9.97 Å². The second-order valence-corrected chi connectivity index (χ2v) is 7.44. The molecule has 2 aromatic carbocycles. The van der Waals surface area contributed by atoms with Gasteiger partial charge in [0.05, 0.1) is 5.69 Å². The maximum atomic E-state index is 4.54. The number of nitrogens with zero attached hydrogens (tertiary/aromatic N) is 1. The fourth-order valence-corrected chi connectivity index (χ4v) is 4.11. The van der Waals surface area contributed by atoms with Crippen molar-refractivity contribution in [3.05, 3.63) is 89.6 Å². The molecule has 0 aliphatic carbocycles. The predicted octanol–water partition coefficient (Wildman–Crippen LogP) is 6.69. The van der Waals surface area contributed by atoms with Gasteiger partial charge in [-0.2, -0.15) is 0 Å². The van der Waals surface area contributed by atoms with Gasteiger partial charge in [0.2, 0.25) is 0 Å². The molecule has 3 nitrogen and oxygen atoms in total. The minimum absolute atomic E-state index is 1.04. The SMILES string of the molecule is C(=C\c1cc2c(Nc3ccc4[nH]ccc4c3)ccnc2s1)/c1ccccc1. The van der Waals surface area contributed by atoms with Gasteiger partial charge in [0.15, 0.2) is 0 Å². The normalized spacial score (nSPS) is 11.6. The molecule has 0 aliphatic rings. The molecule has 2 N–H and O–H groups in total. The van der Waals surface area contributed by atoms with Crippen molar-refractivity contribution < 1.29 is 0 Å². The number of H-pyrrole nitrogens is 1. The molecule has 0 spiro atoms. The van der Waals surface area contributed by atoms with Crippen molar-refractivity contribution in [3.63, 3.8) is 0 Å². The predicted molar refractivity (Wildman–Crippen MR) is 117 cm³/mol. The highest BCUT2D eigenvalue weighted by Crippen LogP contribution is 2.33. The summed E-state index contributed by atoms with van der Waals surface area (Å²) in [6.07, 6.45) is 8.11. The standard InChI is InChI=1S/C23H17N3S/c1-2-4-16(5-3-1)6-8-19-15-20-22(11-13-25-23(20)27-19)26-18-7-9-21-17(14-18)10-12-24-21/h1-15,24H,(H,25,26)/b8-6+. The monoisotopic (exact) mass is 367 g/mol. The second-order valence-electron chi connectivity index (χ2n) is 6.37. The number of pyridine rings is 1. The van der Waals surface area contributed by atoms with Gasteiger partial charge in [0.1, 0.15) is 4.83 Å². The van der Waals surface area contributed by atoms with Gasteiger partial charge < -0.3 is 10.3 Å². The Morgan fingerprint density at radius 1 is 0.926 bits per heavy atom. The van der Waals surface area contributed by atoms with E-state index in [0.717, 1.165) is 27.1 Å². The van der Waals surface area contributed by atoms with Crippen molar-refractivity contribution in [3.8, 4) is 0 Å². The number of anilines is 2. The van der Waals surface area contributed by atoms with Gasteiger partial charge in [0.25, 0.3) is 0 Å². The van der Waals surface area contributed by atoms with Crippen LogP contribution in [0.1, 0.15) is 10.4 Å². The lowest BCUT2D eigenvalue weighted by Gasteiger charge is -2.07. The van der Waals surface area contributed by atoms with E-state index >= 15 is 0 Å². The zero-order valence-electron chi connectivity index (χ0n) is 14.5. The number of hydrogen-bond acceptors (Lipinski definition) is 3. The van der Waals surface area contributed by atoms with Gasteiger partial charge in [-0.05, 0) is 48.0 Å². The molecule has 3 heterocycles. The molecule has 4 heteroatoms. The first-order chi connectivity index (χ1) is 13.3. The van der Waals surface area contributed by atoms with Crippen molar-refractivity contribution in [2.75, 3.05) is 5.32 Å². The third-order valence-corrected chi connectivity index (χ3v) is 5.53. The Labute approximate surface area is 161 Å². The van der Waals surface area contributed by atoms with Crippen LogP contribution in [0.15, 0.2) is 79.1 Å². The third-order valence-electron chi connectivity index (χ3n) is 4.53. The summed E-state index contributed by atoms with van der Waals surface area (Å²) < 4.78 is 0. The molecule has 5 rings (SSSR count). The maximum absolute atomic E-state index is 4.54. The minimum atomic E-state index is 1.04. The lowest BCUT2D eigenvalue weighted by Crippen LogP contribution is -1.90. The Morgan fingerprint density at radius 3 is 2.78 bits per heavy atom. The molecule has 0 aliphatic heterocycles. The Kier molecular flexibility index (Phi) is 3.96. The number of thiophene rings is 1. The van der Waals surface area contributed by atoms with Gasteiger partial charge in [-0.1, -0.05) is 36.4 Å². The summed E-state index contributed by atoms with van der Waals surface area (Å²) in [7, 11) is 0. The number of nitrogens with one attached hydrogen (secondary N) is 2. The molecule has 27 heavy (non-hydrogen) atoms. The van der Waals surface area contributed by atoms with Crippen LogP contribution >= 0.6 is 11.3 Å². The third kappa shape index (κ3) is 3.23. The minimum Gasteiger partial charge on any atom is -0.361 e. The highest BCUT2D eigenvalue weighted by Gasteiger charge is 2.07. The largest absolute Gasteiger partial charge is 0.361 e. The smallest absolute Gasteiger partial charge is 0.125 e. The van der Waals surface area contributed by atoms with E-state index in [2.05, 4.69) is 82.0 Å². The summed E-state index contributed by atoms with van der Waals surface area (Å²) in [5.41, 5.74) is 4.48. The van der Waals surface area contributed by atoms with Crippen LogP contribution in [0.4, 0.5) is 11.4 Å². The van der Waals surface area contributed by atoms with E-state index in [1.54, 1.807) is 11.3 Å². The number of hydrogen-bond donors (Lipinski definition) is 2. The van der Waals surface area contributed by atoms with Crippen LogP contribution in [0.5, 0.6) is 0 Å². The zero-order chi connectivity index (χ0) is 18.1. The lowest BCUT2D eigenvalue weighted by atomic mass is 10.2. The summed E-state index contributed by atoms with van der Waals surface area (Å²) in [6, 6.07) is 23.0. The Balaban J connectivity index is 1.47. The second kappa shape index (κ2) is 6.74. The molecule has 0 saturated heterocycles. The maximum Gasteiger partial charge on any atom is 0.125 e. The first-order valence-corrected chi connectivity index (χ1v) is 9.63. The molecular weight excluding hydrogens is 350 g/mol. The molecule has 0 saturated carbocycles. The summed E-state index contributed by atoms with van der Waals surface area (Å²) in [5.74, 6) is 0. The average Bonchev–Trinajstić information content (AvgIpc) is 3.34. The first-order valence-electron chi connectivity index (χ1n) is 8.81. The first kappa shape index (κ1) is 15.9. The van der Waals surface area contributed by atoms with E-state index in [1.807, 2.05) is 24.5 Å². The molecule has 0 amide bonds. The zero-order valence-corrected chi connectivity index (χ0v) is 15.3. The number of aromatic amines is 1. The number of aromatic nitrogens is 2. The van der Waals surface area contributed by atoms with Crippen molar-refractivity contribution in [1.29, 1.82) is 0 Å². The average molecular weight is 367 g/mol. The van der Waals surface area contributed by atoms with Gasteiger partial charge >= 0.3 is 0 Å². The molecule has 0 radical (unpaired) electrons. The van der Waals surface area contributed by atoms with Gasteiger partial charge in [-0.3, -0.25) is 0 Å². The van der Waals surface area contributed by atoms with E-state index in [1.165, 1.54) is 15.8 Å². The molecule has 0 fully saturated rings.